The Hall–Kier alpha value is -3.27. The molecule has 9 nitrogen and oxygen atoms in total. The van der Waals surface area contributed by atoms with Crippen LogP contribution in [0.2, 0.25) is 0 Å². The van der Waals surface area contributed by atoms with Crippen molar-refractivity contribution in [3.05, 3.63) is 46.5 Å². The lowest BCUT2D eigenvalue weighted by Crippen LogP contribution is -2.50. The molecule has 1 saturated heterocycles. The number of nitrogens with one attached hydrogen (secondary N) is 1. The Bertz CT molecular complexity index is 1090. The first-order valence-corrected chi connectivity index (χ1v) is 12.3. The van der Waals surface area contributed by atoms with Gasteiger partial charge in [-0.15, -0.1) is 11.3 Å². The van der Waals surface area contributed by atoms with Crippen molar-refractivity contribution >= 4 is 40.1 Å². The fourth-order valence-electron chi connectivity index (χ4n) is 4.02. The maximum absolute atomic E-state index is 13.0. The van der Waals surface area contributed by atoms with E-state index < -0.39 is 0 Å². The second-order valence-electron chi connectivity index (χ2n) is 8.73. The standard InChI is InChI=1S/C24H29N5O4S/c1-16-5-3-4-6-20(16)23(33)29(19-7-8-19)14-21(31)26-24-25-18(15-34-24)13-22(32)28-11-9-27(10-12-28)17(2)30/h3-6,15,19H,7-14H2,1-2H3,(H,25,26,31). The van der Waals surface area contributed by atoms with Crippen LogP contribution < -0.4 is 5.32 Å². The van der Waals surface area contributed by atoms with Crippen LogP contribution >= 0.6 is 11.3 Å². The summed E-state index contributed by atoms with van der Waals surface area (Å²) in [6.45, 7) is 5.49. The number of hydrogen-bond donors (Lipinski definition) is 1. The molecule has 1 aromatic heterocycles. The molecule has 0 spiro atoms. The van der Waals surface area contributed by atoms with Gasteiger partial charge in [0.2, 0.25) is 17.7 Å². The van der Waals surface area contributed by atoms with Gasteiger partial charge in [-0.2, -0.15) is 0 Å². The molecule has 1 aliphatic carbocycles. The van der Waals surface area contributed by atoms with Crippen LogP contribution in [0, 0.1) is 6.92 Å². The number of aryl methyl sites for hydroxylation is 1. The molecule has 2 aromatic rings. The molecule has 1 aromatic carbocycles. The van der Waals surface area contributed by atoms with Gasteiger partial charge >= 0.3 is 0 Å². The van der Waals surface area contributed by atoms with Gasteiger partial charge in [0.15, 0.2) is 5.13 Å². The van der Waals surface area contributed by atoms with Gasteiger partial charge in [0, 0.05) is 50.1 Å². The smallest absolute Gasteiger partial charge is 0.254 e. The topological polar surface area (TPSA) is 103 Å². The van der Waals surface area contributed by atoms with Gasteiger partial charge in [-0.25, -0.2) is 4.98 Å². The molecule has 0 radical (unpaired) electrons. The third-order valence-corrected chi connectivity index (χ3v) is 6.95. The van der Waals surface area contributed by atoms with E-state index in [1.165, 1.54) is 18.3 Å². The molecule has 0 unspecified atom stereocenters. The van der Waals surface area contributed by atoms with Crippen molar-refractivity contribution in [1.82, 2.24) is 19.7 Å². The zero-order valence-electron chi connectivity index (χ0n) is 19.5. The van der Waals surface area contributed by atoms with Crippen LogP contribution in [0.1, 0.15) is 41.4 Å². The van der Waals surface area contributed by atoms with Gasteiger partial charge in [-0.1, -0.05) is 18.2 Å². The number of carbonyl (C=O) groups excluding carboxylic acids is 4. The van der Waals surface area contributed by atoms with Crippen LogP contribution in [0.5, 0.6) is 0 Å². The summed E-state index contributed by atoms with van der Waals surface area (Å²) in [5.74, 6) is -0.463. The van der Waals surface area contributed by atoms with E-state index in [1.54, 1.807) is 26.1 Å². The molecule has 2 heterocycles. The number of aromatic nitrogens is 1. The Balaban J connectivity index is 1.30. The molecule has 180 valence electrons. The first-order chi connectivity index (χ1) is 16.3. The van der Waals surface area contributed by atoms with E-state index >= 15 is 0 Å². The summed E-state index contributed by atoms with van der Waals surface area (Å²) in [5.41, 5.74) is 2.09. The lowest BCUT2D eigenvalue weighted by molar-refractivity contribution is -0.138. The first-order valence-electron chi connectivity index (χ1n) is 11.5. The highest BCUT2D eigenvalue weighted by Gasteiger charge is 2.35. The minimum Gasteiger partial charge on any atom is -0.339 e. The van der Waals surface area contributed by atoms with Crippen LogP contribution in [0.3, 0.4) is 0 Å². The highest BCUT2D eigenvalue weighted by molar-refractivity contribution is 7.13. The Morgan fingerprint density at radius 1 is 1.09 bits per heavy atom. The van der Waals surface area contributed by atoms with E-state index in [1.807, 2.05) is 25.1 Å². The zero-order chi connectivity index (χ0) is 24.2. The van der Waals surface area contributed by atoms with Crippen LogP contribution in [0.15, 0.2) is 29.6 Å². The number of benzene rings is 1. The van der Waals surface area contributed by atoms with E-state index in [4.69, 9.17) is 0 Å². The Morgan fingerprint density at radius 3 is 2.41 bits per heavy atom. The fourth-order valence-corrected chi connectivity index (χ4v) is 4.74. The summed E-state index contributed by atoms with van der Waals surface area (Å²) in [6.07, 6.45) is 1.94. The molecule has 2 aliphatic rings. The molecule has 4 amide bonds. The molecular weight excluding hydrogens is 454 g/mol. The van der Waals surface area contributed by atoms with E-state index in [0.717, 1.165) is 18.4 Å². The fraction of sp³-hybridized carbons (Fsp3) is 0.458. The van der Waals surface area contributed by atoms with Crippen molar-refractivity contribution in [3.8, 4) is 0 Å². The highest BCUT2D eigenvalue weighted by Crippen LogP contribution is 2.29. The molecule has 2 fully saturated rings. The third kappa shape index (κ3) is 5.80. The van der Waals surface area contributed by atoms with Gasteiger partial charge in [0.1, 0.15) is 6.54 Å². The monoisotopic (exact) mass is 483 g/mol. The average molecular weight is 484 g/mol. The lowest BCUT2D eigenvalue weighted by atomic mass is 10.1. The molecule has 34 heavy (non-hydrogen) atoms. The predicted octanol–water partition coefficient (Wildman–Crippen LogP) is 1.93. The van der Waals surface area contributed by atoms with Crippen LogP contribution in [-0.4, -0.2) is 82.1 Å². The number of hydrogen-bond acceptors (Lipinski definition) is 6. The zero-order valence-corrected chi connectivity index (χ0v) is 20.3. The minimum atomic E-state index is -0.304. The first kappa shape index (κ1) is 23.9. The third-order valence-electron chi connectivity index (χ3n) is 6.15. The van der Waals surface area contributed by atoms with E-state index in [0.29, 0.717) is 42.6 Å². The number of piperazine rings is 1. The number of nitrogens with zero attached hydrogens (tertiary/aromatic N) is 4. The molecule has 4 rings (SSSR count). The Labute approximate surface area is 202 Å². The molecule has 0 atom stereocenters. The van der Waals surface area contributed by atoms with Gasteiger partial charge in [-0.3, -0.25) is 19.2 Å². The largest absolute Gasteiger partial charge is 0.339 e. The molecule has 10 heteroatoms. The number of anilines is 1. The lowest BCUT2D eigenvalue weighted by Gasteiger charge is -2.34. The van der Waals surface area contributed by atoms with Crippen molar-refractivity contribution in [2.24, 2.45) is 0 Å². The van der Waals surface area contributed by atoms with Crippen molar-refractivity contribution in [3.63, 3.8) is 0 Å². The quantitative estimate of drug-likeness (QED) is 0.648. The number of thiazole rings is 1. The van der Waals surface area contributed by atoms with Crippen LogP contribution in [0.25, 0.3) is 0 Å². The Morgan fingerprint density at radius 2 is 1.76 bits per heavy atom. The second kappa shape index (κ2) is 10.3. The van der Waals surface area contributed by atoms with Crippen molar-refractivity contribution in [2.75, 3.05) is 38.0 Å². The van der Waals surface area contributed by atoms with Gasteiger partial charge in [0.25, 0.3) is 5.91 Å². The molecule has 1 N–H and O–H groups in total. The Kier molecular flexibility index (Phi) is 7.26. The SMILES string of the molecule is CC(=O)N1CCN(C(=O)Cc2csc(NC(=O)CN(C(=O)c3ccccc3C)C3CC3)n2)CC1. The maximum Gasteiger partial charge on any atom is 0.254 e. The summed E-state index contributed by atoms with van der Waals surface area (Å²) in [4.78, 5) is 59.3. The minimum absolute atomic E-state index is 0.0211. The number of rotatable bonds is 7. The number of carbonyl (C=O) groups is 4. The summed E-state index contributed by atoms with van der Waals surface area (Å²) in [5, 5.41) is 4.94. The van der Waals surface area contributed by atoms with Gasteiger partial charge in [0.05, 0.1) is 12.1 Å². The normalized spacial score (nSPS) is 15.7. The van der Waals surface area contributed by atoms with Crippen molar-refractivity contribution in [1.29, 1.82) is 0 Å². The summed E-state index contributed by atoms with van der Waals surface area (Å²) in [7, 11) is 0. The highest BCUT2D eigenvalue weighted by atomic mass is 32.1. The van der Waals surface area contributed by atoms with Crippen molar-refractivity contribution in [2.45, 2.75) is 39.2 Å². The molecular formula is C24H29N5O4S. The summed E-state index contributed by atoms with van der Waals surface area (Å²) >= 11 is 1.26. The van der Waals surface area contributed by atoms with E-state index in [9.17, 15) is 19.2 Å². The van der Waals surface area contributed by atoms with E-state index in [2.05, 4.69) is 10.3 Å². The molecule has 0 bridgehead atoms. The van der Waals surface area contributed by atoms with Crippen LogP contribution in [-0.2, 0) is 20.8 Å². The number of amides is 4. The van der Waals surface area contributed by atoms with Crippen molar-refractivity contribution < 1.29 is 19.2 Å². The van der Waals surface area contributed by atoms with Gasteiger partial charge in [-0.05, 0) is 31.4 Å². The van der Waals surface area contributed by atoms with E-state index in [-0.39, 0.29) is 42.6 Å². The van der Waals surface area contributed by atoms with Gasteiger partial charge < -0.3 is 20.0 Å². The average Bonchev–Trinajstić information content (AvgIpc) is 3.57. The maximum atomic E-state index is 13.0. The van der Waals surface area contributed by atoms with Crippen LogP contribution in [0.4, 0.5) is 5.13 Å². The summed E-state index contributed by atoms with van der Waals surface area (Å²) in [6, 6.07) is 7.48. The second-order valence-corrected chi connectivity index (χ2v) is 9.59. The molecule has 1 aliphatic heterocycles. The molecule has 1 saturated carbocycles. The summed E-state index contributed by atoms with van der Waals surface area (Å²) < 4.78 is 0. The predicted molar refractivity (Wildman–Crippen MR) is 129 cm³/mol.